The van der Waals surface area contributed by atoms with Crippen molar-refractivity contribution in [1.82, 2.24) is 20.2 Å². The molecule has 0 aliphatic carbocycles. The highest BCUT2D eigenvalue weighted by atomic mass is 16.6. The van der Waals surface area contributed by atoms with Crippen LogP contribution < -0.4 is 5.32 Å². The van der Waals surface area contributed by atoms with Crippen LogP contribution in [-0.4, -0.2) is 43.6 Å². The van der Waals surface area contributed by atoms with Crippen LogP contribution in [-0.2, 0) is 20.5 Å². The quantitative estimate of drug-likeness (QED) is 0.0497. The van der Waals surface area contributed by atoms with E-state index in [1.807, 2.05) is 122 Å². The normalized spacial score (nSPS) is 12.3. The molecule has 1 heterocycles. The number of esters is 1. The van der Waals surface area contributed by atoms with Crippen LogP contribution in [0.4, 0.5) is 11.4 Å². The van der Waals surface area contributed by atoms with E-state index >= 15 is 0 Å². The molecule has 1 amide bonds. The van der Waals surface area contributed by atoms with Crippen LogP contribution in [0.5, 0.6) is 0 Å². The fourth-order valence-corrected chi connectivity index (χ4v) is 8.01. The lowest BCUT2D eigenvalue weighted by Gasteiger charge is -2.36. The molecule has 7 rings (SSSR count). The van der Waals surface area contributed by atoms with E-state index in [1.165, 1.54) is 12.1 Å². The average Bonchev–Trinajstić information content (AvgIpc) is 3.75. The van der Waals surface area contributed by atoms with Gasteiger partial charge in [0.2, 0.25) is 5.91 Å². The number of tetrazole rings is 1. The molecule has 1 atom stereocenters. The number of benzene rings is 6. The Bertz CT molecular complexity index is 2500. The number of hydrogen-bond donors (Lipinski definition) is 1. The fraction of sp³-hybridized carbons (Fsp3) is 0.188. The molecule has 0 aliphatic heterocycles. The molecule has 11 nitrogen and oxygen atoms in total. The van der Waals surface area contributed by atoms with E-state index in [9.17, 15) is 19.7 Å². The number of nitrogens with zero attached hydrogens (tertiary/aromatic N) is 5. The maximum absolute atomic E-state index is 14.4. The molecule has 1 aromatic heterocycles. The SMILES string of the molecule is CCCC(C)(C(=O)Nc1c([N+](=O)[O-])ccc(C)c1C(=O)OCC)c1ccc(-c2ccccc2-c2nnnn2C(c2ccccc2)(c2ccccc2)c2ccccc2)cc1. The van der Waals surface area contributed by atoms with Crippen LogP contribution in [0.15, 0.2) is 152 Å². The summed E-state index contributed by atoms with van der Waals surface area (Å²) in [5.74, 6) is -0.678. The maximum atomic E-state index is 14.4. The number of nitrogens with one attached hydrogen (secondary N) is 1. The van der Waals surface area contributed by atoms with Crippen molar-refractivity contribution in [2.75, 3.05) is 11.9 Å². The minimum absolute atomic E-state index is 0.0432. The molecular weight excluding hydrogens is 741 g/mol. The van der Waals surface area contributed by atoms with Gasteiger partial charge in [-0.05, 0) is 76.6 Å². The molecule has 0 saturated heterocycles. The van der Waals surface area contributed by atoms with Crippen molar-refractivity contribution in [3.63, 3.8) is 0 Å². The molecule has 1 N–H and O–H groups in total. The standard InChI is InChI=1S/C48H44N6O5/c1-5-32-47(4,46(56)49-43-41(54(57)58)31-26-33(3)42(43)45(55)59-6-2)35-29-27-34(28-30-35)39-24-16-17-25-40(39)44-50-51-52-53(44)48(36-18-10-7-11-19-36,37-20-12-8-13-21-37)38-22-14-9-15-23-38/h7-31H,5-6,32H2,1-4H3,(H,49,56). The van der Waals surface area contributed by atoms with Gasteiger partial charge in [-0.15, -0.1) is 5.10 Å². The highest BCUT2D eigenvalue weighted by molar-refractivity contribution is 6.07. The predicted molar refractivity (Wildman–Crippen MR) is 228 cm³/mol. The average molecular weight is 785 g/mol. The predicted octanol–water partition coefficient (Wildman–Crippen LogP) is 9.94. The van der Waals surface area contributed by atoms with Crippen molar-refractivity contribution in [2.45, 2.75) is 51.5 Å². The van der Waals surface area contributed by atoms with Crippen molar-refractivity contribution >= 4 is 23.3 Å². The van der Waals surface area contributed by atoms with Crippen molar-refractivity contribution in [2.24, 2.45) is 0 Å². The summed E-state index contributed by atoms with van der Waals surface area (Å²) < 4.78 is 7.14. The maximum Gasteiger partial charge on any atom is 0.340 e. The van der Waals surface area contributed by atoms with Crippen LogP contribution in [0.2, 0.25) is 0 Å². The summed E-state index contributed by atoms with van der Waals surface area (Å²) in [6.07, 6.45) is 1.07. The number of anilines is 1. The summed E-state index contributed by atoms with van der Waals surface area (Å²) >= 11 is 0. The van der Waals surface area contributed by atoms with Gasteiger partial charge in [-0.2, -0.15) is 0 Å². The Morgan fingerprint density at radius 2 is 1.27 bits per heavy atom. The van der Waals surface area contributed by atoms with E-state index in [0.29, 0.717) is 29.8 Å². The number of nitro groups is 1. The largest absolute Gasteiger partial charge is 0.462 e. The number of aryl methyl sites for hydroxylation is 1. The molecular formula is C48H44N6O5. The first-order valence-corrected chi connectivity index (χ1v) is 19.6. The molecule has 0 spiro atoms. The highest BCUT2D eigenvalue weighted by Crippen LogP contribution is 2.44. The van der Waals surface area contributed by atoms with Gasteiger partial charge in [0.15, 0.2) is 5.82 Å². The first-order valence-electron chi connectivity index (χ1n) is 19.6. The fourth-order valence-electron chi connectivity index (χ4n) is 8.01. The van der Waals surface area contributed by atoms with E-state index in [4.69, 9.17) is 9.95 Å². The van der Waals surface area contributed by atoms with Crippen molar-refractivity contribution in [3.05, 3.63) is 195 Å². The molecule has 0 radical (unpaired) electrons. The molecule has 0 aliphatic rings. The Hall–Kier alpha value is -7.27. The number of nitro benzene ring substituents is 1. The summed E-state index contributed by atoms with van der Waals surface area (Å²) in [6.45, 7) is 7.15. The third kappa shape index (κ3) is 7.38. The lowest BCUT2D eigenvalue weighted by molar-refractivity contribution is -0.384. The van der Waals surface area contributed by atoms with Gasteiger partial charge in [-0.3, -0.25) is 14.9 Å². The van der Waals surface area contributed by atoms with Crippen LogP contribution in [0, 0.1) is 17.0 Å². The summed E-state index contributed by atoms with van der Waals surface area (Å²) in [7, 11) is 0. The molecule has 0 bridgehead atoms. The molecule has 59 heavy (non-hydrogen) atoms. The first-order chi connectivity index (χ1) is 28.6. The summed E-state index contributed by atoms with van der Waals surface area (Å²) in [5, 5.41) is 28.7. The monoisotopic (exact) mass is 784 g/mol. The Morgan fingerprint density at radius 3 is 1.80 bits per heavy atom. The molecule has 11 heteroatoms. The lowest BCUT2D eigenvalue weighted by Crippen LogP contribution is -2.39. The second-order valence-electron chi connectivity index (χ2n) is 14.5. The Morgan fingerprint density at radius 1 is 0.729 bits per heavy atom. The van der Waals surface area contributed by atoms with Gasteiger partial charge in [0.05, 0.1) is 22.5 Å². The Labute approximate surface area is 342 Å². The smallest absolute Gasteiger partial charge is 0.340 e. The highest BCUT2D eigenvalue weighted by Gasteiger charge is 2.42. The zero-order valence-corrected chi connectivity index (χ0v) is 33.3. The van der Waals surface area contributed by atoms with E-state index < -0.39 is 33.4 Å². The van der Waals surface area contributed by atoms with Gasteiger partial charge >= 0.3 is 5.97 Å². The van der Waals surface area contributed by atoms with E-state index in [1.54, 1.807) is 13.8 Å². The van der Waals surface area contributed by atoms with Crippen molar-refractivity contribution in [3.8, 4) is 22.5 Å². The summed E-state index contributed by atoms with van der Waals surface area (Å²) in [4.78, 5) is 39.0. The van der Waals surface area contributed by atoms with Crippen molar-refractivity contribution in [1.29, 1.82) is 0 Å². The Kier molecular flexibility index (Phi) is 11.6. The minimum atomic E-state index is -1.12. The van der Waals surface area contributed by atoms with Gasteiger partial charge in [0.25, 0.3) is 5.69 Å². The number of carbonyl (C=O) groups is 2. The number of hydrogen-bond acceptors (Lipinski definition) is 8. The number of carbonyl (C=O) groups excluding carboxylic acids is 2. The first kappa shape index (κ1) is 39.9. The molecule has 0 fully saturated rings. The Balaban J connectivity index is 1.32. The van der Waals surface area contributed by atoms with Gasteiger partial charge in [-0.1, -0.05) is 159 Å². The molecule has 0 saturated carbocycles. The van der Waals surface area contributed by atoms with Gasteiger partial charge in [0.1, 0.15) is 11.2 Å². The third-order valence-electron chi connectivity index (χ3n) is 10.9. The third-order valence-corrected chi connectivity index (χ3v) is 10.9. The second-order valence-corrected chi connectivity index (χ2v) is 14.5. The summed E-state index contributed by atoms with van der Waals surface area (Å²) in [5.41, 5.74) is 3.92. The van der Waals surface area contributed by atoms with E-state index in [2.05, 4.69) is 52.0 Å². The van der Waals surface area contributed by atoms with Crippen LogP contribution in [0.1, 0.15) is 71.8 Å². The van der Waals surface area contributed by atoms with Gasteiger partial charge < -0.3 is 10.1 Å². The van der Waals surface area contributed by atoms with Gasteiger partial charge in [-0.25, -0.2) is 9.48 Å². The molecule has 1 unspecified atom stereocenters. The van der Waals surface area contributed by atoms with E-state index in [0.717, 1.165) is 33.4 Å². The minimum Gasteiger partial charge on any atom is -0.462 e. The second kappa shape index (κ2) is 17.1. The number of ether oxygens (including phenoxy) is 1. The summed E-state index contributed by atoms with van der Waals surface area (Å²) in [6, 6.07) is 49.1. The van der Waals surface area contributed by atoms with Crippen LogP contribution in [0.25, 0.3) is 22.5 Å². The molecule has 6 aromatic carbocycles. The van der Waals surface area contributed by atoms with Crippen LogP contribution in [0.3, 0.4) is 0 Å². The zero-order valence-electron chi connectivity index (χ0n) is 33.3. The number of amides is 1. The number of rotatable bonds is 14. The van der Waals surface area contributed by atoms with E-state index in [-0.39, 0.29) is 17.9 Å². The number of aromatic nitrogens is 4. The van der Waals surface area contributed by atoms with Gasteiger partial charge in [0, 0.05) is 11.6 Å². The molecule has 7 aromatic rings. The van der Waals surface area contributed by atoms with Crippen molar-refractivity contribution < 1.29 is 19.2 Å². The lowest BCUT2D eigenvalue weighted by atomic mass is 9.76. The topological polar surface area (TPSA) is 142 Å². The zero-order chi connectivity index (χ0) is 41.6. The van der Waals surface area contributed by atoms with Crippen LogP contribution >= 0.6 is 0 Å². The molecule has 296 valence electrons.